The van der Waals surface area contributed by atoms with Crippen molar-refractivity contribution in [1.29, 1.82) is 0 Å². The Labute approximate surface area is 115 Å². The fourth-order valence-electron chi connectivity index (χ4n) is 1.46. The summed E-state index contributed by atoms with van der Waals surface area (Å²) in [6, 6.07) is 0. The number of nitrogens with one attached hydrogen (secondary N) is 1. The molecule has 0 aliphatic rings. The van der Waals surface area contributed by atoms with Crippen LogP contribution in [0.1, 0.15) is 27.0 Å². The number of hydrogen-bond acceptors (Lipinski definition) is 5. The molecule has 10 heteroatoms. The summed E-state index contributed by atoms with van der Waals surface area (Å²) in [5, 5.41) is 9.93. The van der Waals surface area contributed by atoms with E-state index in [1.165, 1.54) is 0 Å². The van der Waals surface area contributed by atoms with E-state index in [4.69, 9.17) is 0 Å². The van der Waals surface area contributed by atoms with Crippen LogP contribution >= 0.6 is 11.3 Å². The summed E-state index contributed by atoms with van der Waals surface area (Å²) in [6.45, 7) is 1.70. The number of carbonyl (C=O) groups is 1. The SMILES string of the molecule is Cc1nnc(CNC(=O)c2ncsc2C(F)(F)F)n1C. The van der Waals surface area contributed by atoms with Crippen molar-refractivity contribution in [2.45, 2.75) is 19.6 Å². The second-order valence-electron chi connectivity index (χ2n) is 3.93. The van der Waals surface area contributed by atoms with E-state index >= 15 is 0 Å². The molecule has 108 valence electrons. The topological polar surface area (TPSA) is 72.7 Å². The van der Waals surface area contributed by atoms with Gasteiger partial charge in [-0.05, 0) is 6.92 Å². The Bertz CT molecular complexity index is 633. The lowest BCUT2D eigenvalue weighted by atomic mass is 10.3. The van der Waals surface area contributed by atoms with Gasteiger partial charge < -0.3 is 9.88 Å². The van der Waals surface area contributed by atoms with Crippen molar-refractivity contribution in [3.63, 3.8) is 0 Å². The van der Waals surface area contributed by atoms with Gasteiger partial charge >= 0.3 is 6.18 Å². The third-order valence-electron chi connectivity index (χ3n) is 2.63. The number of aromatic nitrogens is 4. The van der Waals surface area contributed by atoms with Crippen molar-refractivity contribution in [1.82, 2.24) is 25.1 Å². The molecule has 20 heavy (non-hydrogen) atoms. The number of rotatable bonds is 3. The molecule has 6 nitrogen and oxygen atoms in total. The predicted octanol–water partition coefficient (Wildman–Crippen LogP) is 1.53. The number of halogens is 3. The fourth-order valence-corrected chi connectivity index (χ4v) is 2.11. The minimum Gasteiger partial charge on any atom is -0.343 e. The quantitative estimate of drug-likeness (QED) is 0.933. The molecule has 0 spiro atoms. The fraction of sp³-hybridized carbons (Fsp3) is 0.400. The summed E-state index contributed by atoms with van der Waals surface area (Å²) in [5.74, 6) is 0.192. The Morgan fingerprint density at radius 3 is 2.70 bits per heavy atom. The molecular weight excluding hydrogens is 295 g/mol. The molecule has 0 fully saturated rings. The van der Waals surface area contributed by atoms with E-state index < -0.39 is 22.7 Å². The number of carbonyl (C=O) groups excluding carboxylic acids is 1. The van der Waals surface area contributed by atoms with Crippen LogP contribution in [0.5, 0.6) is 0 Å². The number of alkyl halides is 3. The average molecular weight is 305 g/mol. The lowest BCUT2D eigenvalue weighted by Crippen LogP contribution is -2.26. The number of aryl methyl sites for hydroxylation is 1. The highest BCUT2D eigenvalue weighted by Crippen LogP contribution is 2.34. The summed E-state index contributed by atoms with van der Waals surface area (Å²) in [6.07, 6.45) is -4.59. The molecule has 0 radical (unpaired) electrons. The van der Waals surface area contributed by atoms with Gasteiger partial charge in [-0.1, -0.05) is 0 Å². The van der Waals surface area contributed by atoms with E-state index in [1.54, 1.807) is 18.5 Å². The number of hydrogen-bond donors (Lipinski definition) is 1. The first kappa shape index (κ1) is 14.4. The van der Waals surface area contributed by atoms with Gasteiger partial charge in [-0.2, -0.15) is 13.2 Å². The largest absolute Gasteiger partial charge is 0.427 e. The molecule has 0 aromatic carbocycles. The van der Waals surface area contributed by atoms with E-state index in [0.29, 0.717) is 23.0 Å². The van der Waals surface area contributed by atoms with E-state index in [9.17, 15) is 18.0 Å². The lowest BCUT2D eigenvalue weighted by Gasteiger charge is -2.07. The third kappa shape index (κ3) is 2.79. The highest BCUT2D eigenvalue weighted by molar-refractivity contribution is 7.10. The molecule has 0 atom stereocenters. The van der Waals surface area contributed by atoms with Gasteiger partial charge in [-0.25, -0.2) is 4.98 Å². The average Bonchev–Trinajstić information content (AvgIpc) is 2.96. The highest BCUT2D eigenvalue weighted by atomic mass is 32.1. The molecule has 1 amide bonds. The van der Waals surface area contributed by atoms with Crippen molar-refractivity contribution in [2.24, 2.45) is 7.05 Å². The van der Waals surface area contributed by atoms with Gasteiger partial charge in [0.25, 0.3) is 5.91 Å². The molecule has 0 aliphatic carbocycles. The van der Waals surface area contributed by atoms with Gasteiger partial charge in [-0.3, -0.25) is 4.79 Å². The number of thiazole rings is 1. The standard InChI is InChI=1S/C10H10F3N5OS/c1-5-16-17-6(18(5)2)3-14-9(19)7-8(10(11,12)13)20-4-15-7/h4H,3H2,1-2H3,(H,14,19). The van der Waals surface area contributed by atoms with E-state index in [1.807, 2.05) is 0 Å². The predicted molar refractivity (Wildman–Crippen MR) is 64.0 cm³/mol. The maximum atomic E-state index is 12.6. The van der Waals surface area contributed by atoms with Crippen molar-refractivity contribution < 1.29 is 18.0 Å². The molecule has 2 aromatic heterocycles. The van der Waals surface area contributed by atoms with Crippen molar-refractivity contribution >= 4 is 17.2 Å². The lowest BCUT2D eigenvalue weighted by molar-refractivity contribution is -0.134. The Morgan fingerprint density at radius 2 is 2.15 bits per heavy atom. The van der Waals surface area contributed by atoms with Crippen LogP contribution in [0.4, 0.5) is 13.2 Å². The smallest absolute Gasteiger partial charge is 0.343 e. The normalized spacial score (nSPS) is 11.7. The zero-order valence-electron chi connectivity index (χ0n) is 10.5. The van der Waals surface area contributed by atoms with E-state index in [0.717, 1.165) is 5.51 Å². The Kier molecular flexibility index (Phi) is 3.75. The van der Waals surface area contributed by atoms with Crippen LogP contribution in [-0.4, -0.2) is 25.7 Å². The van der Waals surface area contributed by atoms with Crippen LogP contribution < -0.4 is 5.32 Å². The van der Waals surface area contributed by atoms with Crippen molar-refractivity contribution in [3.05, 3.63) is 27.7 Å². The maximum absolute atomic E-state index is 12.6. The first-order valence-corrected chi connectivity index (χ1v) is 6.32. The number of nitrogens with zero attached hydrogens (tertiary/aromatic N) is 4. The molecule has 0 bridgehead atoms. The molecule has 0 aliphatic heterocycles. The zero-order valence-corrected chi connectivity index (χ0v) is 11.3. The van der Waals surface area contributed by atoms with E-state index in [2.05, 4.69) is 20.5 Å². The van der Waals surface area contributed by atoms with Gasteiger partial charge in [0.2, 0.25) is 0 Å². The Balaban J connectivity index is 2.10. The van der Waals surface area contributed by atoms with Gasteiger partial charge in [0.15, 0.2) is 11.5 Å². The number of amides is 1. The van der Waals surface area contributed by atoms with Crippen LogP contribution in [0, 0.1) is 6.92 Å². The summed E-state index contributed by atoms with van der Waals surface area (Å²) in [7, 11) is 1.70. The first-order chi connectivity index (χ1) is 9.30. The van der Waals surface area contributed by atoms with Crippen LogP contribution in [-0.2, 0) is 19.8 Å². The second-order valence-corrected chi connectivity index (χ2v) is 4.79. The summed E-state index contributed by atoms with van der Waals surface area (Å²) >= 11 is 0.384. The van der Waals surface area contributed by atoms with Crippen molar-refractivity contribution in [3.8, 4) is 0 Å². The Morgan fingerprint density at radius 1 is 1.45 bits per heavy atom. The van der Waals surface area contributed by atoms with Crippen LogP contribution in [0.15, 0.2) is 5.51 Å². The van der Waals surface area contributed by atoms with Crippen LogP contribution in [0.25, 0.3) is 0 Å². The molecular formula is C10H10F3N5OS. The van der Waals surface area contributed by atoms with Crippen LogP contribution in [0.3, 0.4) is 0 Å². The van der Waals surface area contributed by atoms with Gasteiger partial charge in [0.1, 0.15) is 10.7 Å². The van der Waals surface area contributed by atoms with Crippen molar-refractivity contribution in [2.75, 3.05) is 0 Å². The molecule has 0 unspecified atom stereocenters. The molecule has 1 N–H and O–H groups in total. The monoisotopic (exact) mass is 305 g/mol. The van der Waals surface area contributed by atoms with Gasteiger partial charge in [-0.15, -0.1) is 21.5 Å². The molecule has 2 heterocycles. The summed E-state index contributed by atoms with van der Waals surface area (Å²) < 4.78 is 39.5. The second kappa shape index (κ2) is 5.19. The maximum Gasteiger partial charge on any atom is 0.427 e. The third-order valence-corrected chi connectivity index (χ3v) is 3.50. The highest BCUT2D eigenvalue weighted by Gasteiger charge is 2.38. The summed E-state index contributed by atoms with van der Waals surface area (Å²) in [4.78, 5) is 14.2. The van der Waals surface area contributed by atoms with Crippen LogP contribution in [0.2, 0.25) is 0 Å². The first-order valence-electron chi connectivity index (χ1n) is 5.44. The summed E-state index contributed by atoms with van der Waals surface area (Å²) in [5.41, 5.74) is 0.367. The molecule has 0 saturated carbocycles. The van der Waals surface area contributed by atoms with E-state index in [-0.39, 0.29) is 6.54 Å². The molecule has 2 rings (SSSR count). The minimum atomic E-state index is -4.59. The minimum absolute atomic E-state index is 0.0228. The molecule has 2 aromatic rings. The molecule has 0 saturated heterocycles. The zero-order chi connectivity index (χ0) is 14.9. The Hall–Kier alpha value is -1.97. The van der Waals surface area contributed by atoms with Gasteiger partial charge in [0.05, 0.1) is 12.1 Å². The van der Waals surface area contributed by atoms with Gasteiger partial charge in [0, 0.05) is 7.05 Å².